The molecule has 2 aromatic rings. The lowest BCUT2D eigenvalue weighted by Crippen LogP contribution is -1.98. The molecule has 0 aliphatic heterocycles. The van der Waals surface area contributed by atoms with Gasteiger partial charge < -0.3 is 15.2 Å². The summed E-state index contributed by atoms with van der Waals surface area (Å²) in [6.45, 7) is 0.264. The molecule has 15 heavy (non-hydrogen) atoms. The Hall–Kier alpha value is -1.74. The van der Waals surface area contributed by atoms with Crippen LogP contribution in [0.2, 0.25) is 0 Å². The van der Waals surface area contributed by atoms with Gasteiger partial charge in [-0.25, -0.2) is 0 Å². The van der Waals surface area contributed by atoms with Gasteiger partial charge in [-0.3, -0.25) is 0 Å². The van der Waals surface area contributed by atoms with Gasteiger partial charge in [0.25, 0.3) is 0 Å². The predicted octanol–water partition coefficient (Wildman–Crippen LogP) is 2.40. The Kier molecular flexibility index (Phi) is 2.74. The Morgan fingerprint density at radius 3 is 2.60 bits per heavy atom. The Morgan fingerprint density at radius 1 is 1.07 bits per heavy atom. The fraction of sp³-hybridized carbons (Fsp3) is 0.167. The summed E-state index contributed by atoms with van der Waals surface area (Å²) < 4.78 is 10.2. The molecule has 0 atom stereocenters. The Bertz CT molecular complexity index is 468. The summed E-state index contributed by atoms with van der Waals surface area (Å²) in [5, 5.41) is 2.22. The maximum absolute atomic E-state index is 5.69. The molecule has 0 aliphatic carbocycles. The molecule has 0 spiro atoms. The van der Waals surface area contributed by atoms with E-state index in [9.17, 15) is 0 Å². The molecule has 3 nitrogen and oxygen atoms in total. The molecule has 0 unspecified atom stereocenters. The largest absolute Gasteiger partial charge is 0.468 e. The third-order valence-corrected chi connectivity index (χ3v) is 2.18. The SMILES string of the molecule is COCOc1ccc2cc(N)ccc2c1. The van der Waals surface area contributed by atoms with Crippen molar-refractivity contribution in [2.24, 2.45) is 0 Å². The van der Waals surface area contributed by atoms with Gasteiger partial charge in [-0.05, 0) is 35.0 Å². The van der Waals surface area contributed by atoms with Crippen LogP contribution in [-0.2, 0) is 4.74 Å². The molecule has 0 saturated carbocycles. The quantitative estimate of drug-likeness (QED) is 0.615. The first-order valence-corrected chi connectivity index (χ1v) is 4.70. The molecule has 0 heterocycles. The third-order valence-electron chi connectivity index (χ3n) is 2.18. The lowest BCUT2D eigenvalue weighted by atomic mass is 10.1. The van der Waals surface area contributed by atoms with E-state index >= 15 is 0 Å². The Morgan fingerprint density at radius 2 is 1.80 bits per heavy atom. The van der Waals surface area contributed by atoms with Gasteiger partial charge in [-0.2, -0.15) is 0 Å². The normalized spacial score (nSPS) is 10.5. The number of fused-ring (bicyclic) bond motifs is 1. The average molecular weight is 203 g/mol. The Balaban J connectivity index is 2.34. The second-order valence-electron chi connectivity index (χ2n) is 3.32. The van der Waals surface area contributed by atoms with Crippen molar-refractivity contribution in [3.8, 4) is 5.75 Å². The van der Waals surface area contributed by atoms with E-state index in [1.807, 2.05) is 36.4 Å². The molecule has 3 heteroatoms. The topological polar surface area (TPSA) is 44.5 Å². The summed E-state index contributed by atoms with van der Waals surface area (Å²) in [5.74, 6) is 0.800. The number of nitrogens with two attached hydrogens (primary N) is 1. The number of hydrogen-bond acceptors (Lipinski definition) is 3. The number of rotatable bonds is 3. The number of hydrogen-bond donors (Lipinski definition) is 1. The van der Waals surface area contributed by atoms with Crippen LogP contribution in [0.3, 0.4) is 0 Å². The van der Waals surface area contributed by atoms with Crippen LogP contribution in [0.1, 0.15) is 0 Å². The first-order chi connectivity index (χ1) is 7.29. The molecular formula is C12H13NO2. The van der Waals surface area contributed by atoms with Crippen molar-refractivity contribution in [2.45, 2.75) is 0 Å². The number of nitrogen functional groups attached to an aromatic ring is 1. The van der Waals surface area contributed by atoms with Crippen LogP contribution in [0.15, 0.2) is 36.4 Å². The highest BCUT2D eigenvalue weighted by Crippen LogP contribution is 2.22. The highest BCUT2D eigenvalue weighted by Gasteiger charge is 1.97. The summed E-state index contributed by atoms with van der Waals surface area (Å²) >= 11 is 0. The minimum Gasteiger partial charge on any atom is -0.468 e. The maximum Gasteiger partial charge on any atom is 0.188 e. The summed E-state index contributed by atoms with van der Waals surface area (Å²) in [4.78, 5) is 0. The van der Waals surface area contributed by atoms with E-state index < -0.39 is 0 Å². The summed E-state index contributed by atoms with van der Waals surface area (Å²) in [7, 11) is 1.60. The second-order valence-corrected chi connectivity index (χ2v) is 3.32. The van der Waals surface area contributed by atoms with Gasteiger partial charge in [0, 0.05) is 12.8 Å². The van der Waals surface area contributed by atoms with E-state index in [4.69, 9.17) is 15.2 Å². The minimum atomic E-state index is 0.264. The standard InChI is InChI=1S/C12H13NO2/c1-14-8-15-12-5-3-9-6-11(13)4-2-10(9)7-12/h2-7H,8,13H2,1H3. The van der Waals surface area contributed by atoms with Crippen molar-refractivity contribution in [3.63, 3.8) is 0 Å². The molecule has 78 valence electrons. The number of ether oxygens (including phenoxy) is 2. The lowest BCUT2D eigenvalue weighted by molar-refractivity contribution is 0.0512. The Labute approximate surface area is 88.4 Å². The van der Waals surface area contributed by atoms with Crippen LogP contribution in [0.5, 0.6) is 5.75 Å². The maximum atomic E-state index is 5.69. The zero-order valence-corrected chi connectivity index (χ0v) is 8.57. The first kappa shape index (κ1) is 9.80. The number of benzene rings is 2. The van der Waals surface area contributed by atoms with Crippen LogP contribution in [0.25, 0.3) is 10.8 Å². The molecule has 2 N–H and O–H groups in total. The molecule has 0 amide bonds. The van der Waals surface area contributed by atoms with Gasteiger partial charge in [-0.1, -0.05) is 12.1 Å². The van der Waals surface area contributed by atoms with E-state index in [0.717, 1.165) is 22.2 Å². The predicted molar refractivity (Wildman–Crippen MR) is 60.9 cm³/mol. The number of anilines is 1. The average Bonchev–Trinajstić information content (AvgIpc) is 2.26. The van der Waals surface area contributed by atoms with Crippen LogP contribution < -0.4 is 10.5 Å². The van der Waals surface area contributed by atoms with Crippen molar-refractivity contribution in [2.75, 3.05) is 19.6 Å². The van der Waals surface area contributed by atoms with Crippen molar-refractivity contribution in [1.29, 1.82) is 0 Å². The lowest BCUT2D eigenvalue weighted by Gasteiger charge is -2.06. The van der Waals surface area contributed by atoms with Gasteiger partial charge >= 0.3 is 0 Å². The van der Waals surface area contributed by atoms with Crippen LogP contribution in [0.4, 0.5) is 5.69 Å². The van der Waals surface area contributed by atoms with Crippen molar-refractivity contribution in [3.05, 3.63) is 36.4 Å². The summed E-state index contributed by atoms with van der Waals surface area (Å²) in [5.41, 5.74) is 6.46. The number of methoxy groups -OCH3 is 1. The highest BCUT2D eigenvalue weighted by molar-refractivity contribution is 5.86. The van der Waals surface area contributed by atoms with E-state index in [-0.39, 0.29) is 6.79 Å². The van der Waals surface area contributed by atoms with Gasteiger partial charge in [0.1, 0.15) is 5.75 Å². The van der Waals surface area contributed by atoms with Crippen LogP contribution in [0, 0.1) is 0 Å². The monoisotopic (exact) mass is 203 g/mol. The molecule has 0 aliphatic rings. The smallest absolute Gasteiger partial charge is 0.188 e. The van der Waals surface area contributed by atoms with E-state index in [1.165, 1.54) is 0 Å². The first-order valence-electron chi connectivity index (χ1n) is 4.70. The van der Waals surface area contributed by atoms with Crippen LogP contribution >= 0.6 is 0 Å². The minimum absolute atomic E-state index is 0.264. The van der Waals surface area contributed by atoms with Crippen LogP contribution in [-0.4, -0.2) is 13.9 Å². The van der Waals surface area contributed by atoms with Gasteiger partial charge in [0.2, 0.25) is 0 Å². The van der Waals surface area contributed by atoms with E-state index in [1.54, 1.807) is 7.11 Å². The van der Waals surface area contributed by atoms with Gasteiger partial charge in [-0.15, -0.1) is 0 Å². The molecular weight excluding hydrogens is 190 g/mol. The zero-order valence-electron chi connectivity index (χ0n) is 8.57. The molecule has 0 bridgehead atoms. The molecule has 0 aromatic heterocycles. The molecule has 0 radical (unpaired) electrons. The van der Waals surface area contributed by atoms with E-state index in [0.29, 0.717) is 0 Å². The van der Waals surface area contributed by atoms with Crippen molar-refractivity contribution in [1.82, 2.24) is 0 Å². The summed E-state index contributed by atoms with van der Waals surface area (Å²) in [6, 6.07) is 11.6. The third kappa shape index (κ3) is 2.19. The highest BCUT2D eigenvalue weighted by atomic mass is 16.7. The fourth-order valence-corrected chi connectivity index (χ4v) is 1.46. The van der Waals surface area contributed by atoms with Crippen molar-refractivity contribution >= 4 is 16.5 Å². The summed E-state index contributed by atoms with van der Waals surface area (Å²) in [6.07, 6.45) is 0. The molecule has 2 rings (SSSR count). The van der Waals surface area contributed by atoms with E-state index in [2.05, 4.69) is 0 Å². The molecule has 0 saturated heterocycles. The zero-order chi connectivity index (χ0) is 10.7. The fourth-order valence-electron chi connectivity index (χ4n) is 1.46. The molecule has 0 fully saturated rings. The van der Waals surface area contributed by atoms with Gasteiger partial charge in [0.05, 0.1) is 0 Å². The second kappa shape index (κ2) is 4.19. The van der Waals surface area contributed by atoms with Gasteiger partial charge in [0.15, 0.2) is 6.79 Å². The van der Waals surface area contributed by atoms with Crippen molar-refractivity contribution < 1.29 is 9.47 Å². The molecule has 2 aromatic carbocycles.